The van der Waals surface area contributed by atoms with Crippen molar-refractivity contribution in [2.75, 3.05) is 11.9 Å². The maximum atomic E-state index is 5.92. The minimum atomic E-state index is -0.215. The van der Waals surface area contributed by atoms with Crippen molar-refractivity contribution in [3.8, 4) is 0 Å². The molecule has 86 valence electrons. The molecule has 0 unspecified atom stereocenters. The number of benzene rings is 1. The molecule has 2 rings (SSSR count). The van der Waals surface area contributed by atoms with E-state index < -0.39 is 0 Å². The normalized spacial score (nSPS) is 12.0. The average molecular weight is 235 g/mol. The number of rotatable bonds is 3. The number of hydrogen-bond donors (Lipinski definition) is 2. The van der Waals surface area contributed by atoms with Gasteiger partial charge in [0.25, 0.3) is 0 Å². The molecule has 0 atom stereocenters. The van der Waals surface area contributed by atoms with Gasteiger partial charge in [0.15, 0.2) is 5.13 Å². The summed E-state index contributed by atoms with van der Waals surface area (Å²) in [6.07, 6.45) is 0. The zero-order chi connectivity index (χ0) is 11.8. The summed E-state index contributed by atoms with van der Waals surface area (Å²) in [7, 11) is 0. The molecule has 0 amide bonds. The van der Waals surface area contributed by atoms with E-state index in [1.807, 2.05) is 26.0 Å². The van der Waals surface area contributed by atoms with Gasteiger partial charge in [0, 0.05) is 12.1 Å². The molecule has 0 bridgehead atoms. The second-order valence-corrected chi connectivity index (χ2v) is 5.78. The van der Waals surface area contributed by atoms with Crippen molar-refractivity contribution in [1.29, 1.82) is 0 Å². The van der Waals surface area contributed by atoms with Crippen LogP contribution in [0.3, 0.4) is 0 Å². The van der Waals surface area contributed by atoms with Crippen molar-refractivity contribution >= 4 is 26.7 Å². The Balaban J connectivity index is 2.24. The molecule has 3 nitrogen and oxygen atoms in total. The smallest absolute Gasteiger partial charge is 0.183 e. The highest BCUT2D eigenvalue weighted by molar-refractivity contribution is 7.22. The first-order valence-electron chi connectivity index (χ1n) is 5.35. The quantitative estimate of drug-likeness (QED) is 0.860. The van der Waals surface area contributed by atoms with E-state index in [0.717, 1.165) is 17.2 Å². The number of aromatic nitrogens is 1. The highest BCUT2D eigenvalue weighted by Gasteiger charge is 2.12. The fraction of sp³-hybridized carbons (Fsp3) is 0.417. The molecule has 4 heteroatoms. The summed E-state index contributed by atoms with van der Waals surface area (Å²) in [6, 6.07) is 6.18. The second-order valence-electron chi connectivity index (χ2n) is 4.78. The van der Waals surface area contributed by atoms with Gasteiger partial charge in [-0.25, -0.2) is 4.98 Å². The lowest BCUT2D eigenvalue weighted by Crippen LogP contribution is -2.39. The molecule has 0 saturated heterocycles. The van der Waals surface area contributed by atoms with E-state index in [-0.39, 0.29) is 5.54 Å². The van der Waals surface area contributed by atoms with Gasteiger partial charge in [-0.05, 0) is 32.4 Å². The van der Waals surface area contributed by atoms with Crippen molar-refractivity contribution in [2.45, 2.75) is 26.3 Å². The monoisotopic (exact) mass is 235 g/mol. The predicted molar refractivity (Wildman–Crippen MR) is 71.1 cm³/mol. The van der Waals surface area contributed by atoms with Gasteiger partial charge >= 0.3 is 0 Å². The number of hydrogen-bond acceptors (Lipinski definition) is 4. The van der Waals surface area contributed by atoms with Crippen LogP contribution in [0.5, 0.6) is 0 Å². The van der Waals surface area contributed by atoms with E-state index in [9.17, 15) is 0 Å². The second kappa shape index (κ2) is 4.03. The van der Waals surface area contributed by atoms with Crippen LogP contribution >= 0.6 is 11.3 Å². The zero-order valence-electron chi connectivity index (χ0n) is 9.87. The minimum Gasteiger partial charge on any atom is -0.360 e. The third kappa shape index (κ3) is 2.51. The first kappa shape index (κ1) is 11.4. The van der Waals surface area contributed by atoms with Gasteiger partial charge < -0.3 is 11.1 Å². The molecule has 2 aromatic rings. The lowest BCUT2D eigenvalue weighted by Gasteiger charge is -2.18. The summed E-state index contributed by atoms with van der Waals surface area (Å²) in [5, 5.41) is 4.23. The van der Waals surface area contributed by atoms with Gasteiger partial charge in [-0.2, -0.15) is 0 Å². The first-order chi connectivity index (χ1) is 7.46. The minimum absolute atomic E-state index is 0.215. The summed E-state index contributed by atoms with van der Waals surface area (Å²) in [4.78, 5) is 4.53. The molecule has 3 N–H and O–H groups in total. The topological polar surface area (TPSA) is 50.9 Å². The van der Waals surface area contributed by atoms with E-state index in [2.05, 4.69) is 23.3 Å². The summed E-state index contributed by atoms with van der Waals surface area (Å²) in [5.41, 5.74) is 8.04. The summed E-state index contributed by atoms with van der Waals surface area (Å²) in [6.45, 7) is 6.83. The third-order valence-corrected chi connectivity index (χ3v) is 3.47. The standard InChI is InChI=1S/C12H17N3S/c1-8-5-4-6-9-10(8)16-11(15-9)14-7-12(2,3)13/h4-6H,7,13H2,1-3H3,(H,14,15). The number of thiazole rings is 1. The number of nitrogens with two attached hydrogens (primary N) is 1. The van der Waals surface area contributed by atoms with Crippen molar-refractivity contribution in [2.24, 2.45) is 5.73 Å². The Morgan fingerprint density at radius 1 is 1.44 bits per heavy atom. The van der Waals surface area contributed by atoms with E-state index in [4.69, 9.17) is 5.73 Å². The molecule has 0 aliphatic rings. The van der Waals surface area contributed by atoms with E-state index in [0.29, 0.717) is 0 Å². The Labute approximate surface area is 99.7 Å². The fourth-order valence-electron chi connectivity index (χ4n) is 1.47. The van der Waals surface area contributed by atoms with Gasteiger partial charge in [-0.15, -0.1) is 0 Å². The lowest BCUT2D eigenvalue weighted by molar-refractivity contribution is 0.549. The van der Waals surface area contributed by atoms with Gasteiger partial charge in [0.05, 0.1) is 10.2 Å². The number of fused-ring (bicyclic) bond motifs is 1. The first-order valence-corrected chi connectivity index (χ1v) is 6.16. The zero-order valence-corrected chi connectivity index (χ0v) is 10.7. The lowest BCUT2D eigenvalue weighted by atomic mass is 10.1. The van der Waals surface area contributed by atoms with Crippen molar-refractivity contribution < 1.29 is 0 Å². The molecule has 16 heavy (non-hydrogen) atoms. The van der Waals surface area contributed by atoms with Crippen LogP contribution in [0.15, 0.2) is 18.2 Å². The largest absolute Gasteiger partial charge is 0.360 e. The van der Waals surface area contributed by atoms with Crippen molar-refractivity contribution in [3.63, 3.8) is 0 Å². The third-order valence-electron chi connectivity index (χ3n) is 2.31. The SMILES string of the molecule is Cc1cccc2nc(NCC(C)(C)N)sc12. The van der Waals surface area contributed by atoms with E-state index in [1.54, 1.807) is 11.3 Å². The van der Waals surface area contributed by atoms with Gasteiger partial charge in [0.2, 0.25) is 0 Å². The molecular formula is C12H17N3S. The Bertz CT molecular complexity index is 496. The Morgan fingerprint density at radius 2 is 2.19 bits per heavy atom. The Hall–Kier alpha value is -1.13. The molecule has 0 fully saturated rings. The number of nitrogens with zero attached hydrogens (tertiary/aromatic N) is 1. The van der Waals surface area contributed by atoms with Crippen molar-refractivity contribution in [3.05, 3.63) is 23.8 Å². The van der Waals surface area contributed by atoms with Gasteiger partial charge in [0.1, 0.15) is 0 Å². The van der Waals surface area contributed by atoms with Crippen molar-refractivity contribution in [1.82, 2.24) is 4.98 Å². The molecule has 0 saturated carbocycles. The predicted octanol–water partition coefficient (Wildman–Crippen LogP) is 2.75. The van der Waals surface area contributed by atoms with Crippen LogP contribution in [0.25, 0.3) is 10.2 Å². The van der Waals surface area contributed by atoms with Gasteiger partial charge in [-0.1, -0.05) is 23.5 Å². The van der Waals surface area contributed by atoms with Crippen LogP contribution < -0.4 is 11.1 Å². The number of aryl methyl sites for hydroxylation is 1. The molecule has 0 spiro atoms. The Kier molecular flexibility index (Phi) is 2.86. The molecule has 1 aromatic heterocycles. The highest BCUT2D eigenvalue weighted by atomic mass is 32.1. The molecule has 1 heterocycles. The molecule has 0 aliphatic carbocycles. The highest BCUT2D eigenvalue weighted by Crippen LogP contribution is 2.28. The summed E-state index contributed by atoms with van der Waals surface area (Å²) < 4.78 is 1.25. The molecule has 0 aliphatic heterocycles. The Morgan fingerprint density at radius 3 is 2.81 bits per heavy atom. The fourth-order valence-corrected chi connectivity index (χ4v) is 2.39. The average Bonchev–Trinajstić information content (AvgIpc) is 2.58. The van der Waals surface area contributed by atoms with Crippen LogP contribution in [-0.4, -0.2) is 17.1 Å². The maximum Gasteiger partial charge on any atom is 0.183 e. The summed E-state index contributed by atoms with van der Waals surface area (Å²) >= 11 is 1.69. The van der Waals surface area contributed by atoms with Crippen LogP contribution in [0, 0.1) is 6.92 Å². The van der Waals surface area contributed by atoms with Crippen LogP contribution in [-0.2, 0) is 0 Å². The van der Waals surface area contributed by atoms with Crippen LogP contribution in [0.2, 0.25) is 0 Å². The number of nitrogens with one attached hydrogen (secondary N) is 1. The van der Waals surface area contributed by atoms with E-state index >= 15 is 0 Å². The molecule has 0 radical (unpaired) electrons. The maximum absolute atomic E-state index is 5.92. The van der Waals surface area contributed by atoms with Crippen LogP contribution in [0.1, 0.15) is 19.4 Å². The van der Waals surface area contributed by atoms with Gasteiger partial charge in [-0.3, -0.25) is 0 Å². The summed E-state index contributed by atoms with van der Waals surface area (Å²) in [5.74, 6) is 0. The molecular weight excluding hydrogens is 218 g/mol. The van der Waals surface area contributed by atoms with Crippen LogP contribution in [0.4, 0.5) is 5.13 Å². The molecule has 1 aromatic carbocycles. The van der Waals surface area contributed by atoms with E-state index in [1.165, 1.54) is 10.3 Å². The number of anilines is 1.